The number of aromatic nitrogens is 2. The van der Waals surface area contributed by atoms with Gasteiger partial charge in [0.2, 0.25) is 0 Å². The quantitative estimate of drug-likeness (QED) is 0.865. The average Bonchev–Trinajstić information content (AvgIpc) is 2.79. The van der Waals surface area contributed by atoms with Crippen LogP contribution in [-0.2, 0) is 11.8 Å². The summed E-state index contributed by atoms with van der Waals surface area (Å²) in [6, 6.07) is 6.68. The van der Waals surface area contributed by atoms with Gasteiger partial charge in [0.25, 0.3) is 5.91 Å². The fraction of sp³-hybridized carbons (Fsp3) is 0.214. The molecule has 20 heavy (non-hydrogen) atoms. The van der Waals surface area contributed by atoms with E-state index in [1.165, 1.54) is 13.3 Å². The molecule has 0 bridgehead atoms. The highest BCUT2D eigenvalue weighted by molar-refractivity contribution is 6.08. The van der Waals surface area contributed by atoms with Crippen LogP contribution in [0.2, 0.25) is 0 Å². The standard InChI is InChI=1S/C14H15N3O3/c1-9-11(8-15-17(9)2)13(18)16-12-7-5-4-6-10(12)14(19)20-3/h4-8H,1-3H3,(H,16,18). The number of anilines is 1. The number of nitrogens with zero attached hydrogens (tertiary/aromatic N) is 2. The van der Waals surface area contributed by atoms with Gasteiger partial charge in [0.15, 0.2) is 0 Å². The number of benzene rings is 1. The maximum atomic E-state index is 12.2. The number of nitrogens with one attached hydrogen (secondary N) is 1. The number of hydrogen-bond acceptors (Lipinski definition) is 4. The Morgan fingerprint density at radius 1 is 1.25 bits per heavy atom. The lowest BCUT2D eigenvalue weighted by Gasteiger charge is -2.09. The molecule has 0 atom stereocenters. The van der Waals surface area contributed by atoms with Crippen LogP contribution >= 0.6 is 0 Å². The number of methoxy groups -OCH3 is 1. The van der Waals surface area contributed by atoms with Crippen LogP contribution in [0, 0.1) is 6.92 Å². The second-order valence-electron chi connectivity index (χ2n) is 4.26. The molecule has 1 aromatic carbocycles. The molecule has 2 aromatic rings. The van der Waals surface area contributed by atoms with E-state index in [4.69, 9.17) is 0 Å². The Bertz CT molecular complexity index is 661. The second kappa shape index (κ2) is 5.56. The van der Waals surface area contributed by atoms with Crippen molar-refractivity contribution in [2.45, 2.75) is 6.92 Å². The maximum Gasteiger partial charge on any atom is 0.339 e. The van der Waals surface area contributed by atoms with Gasteiger partial charge in [-0.25, -0.2) is 4.79 Å². The fourth-order valence-corrected chi connectivity index (χ4v) is 1.79. The third kappa shape index (κ3) is 2.54. The first kappa shape index (κ1) is 13.8. The van der Waals surface area contributed by atoms with Crippen molar-refractivity contribution in [1.29, 1.82) is 0 Å². The molecule has 0 radical (unpaired) electrons. The van der Waals surface area contributed by atoms with Crippen LogP contribution in [0.1, 0.15) is 26.4 Å². The van der Waals surface area contributed by atoms with E-state index in [1.54, 1.807) is 42.9 Å². The molecule has 0 unspecified atom stereocenters. The minimum atomic E-state index is -0.496. The number of para-hydroxylation sites is 1. The van der Waals surface area contributed by atoms with Gasteiger partial charge in [-0.15, -0.1) is 0 Å². The normalized spacial score (nSPS) is 10.2. The second-order valence-corrected chi connectivity index (χ2v) is 4.26. The number of rotatable bonds is 3. The number of aryl methyl sites for hydroxylation is 1. The summed E-state index contributed by atoms with van der Waals surface area (Å²) >= 11 is 0. The highest BCUT2D eigenvalue weighted by Gasteiger charge is 2.17. The Kier molecular flexibility index (Phi) is 3.84. The Hall–Kier alpha value is -2.63. The first-order valence-corrected chi connectivity index (χ1v) is 6.02. The monoisotopic (exact) mass is 273 g/mol. The van der Waals surface area contributed by atoms with Crippen LogP contribution in [-0.4, -0.2) is 28.8 Å². The number of esters is 1. The molecular weight excluding hydrogens is 258 g/mol. The molecule has 0 fully saturated rings. The summed E-state index contributed by atoms with van der Waals surface area (Å²) in [7, 11) is 3.06. The fourth-order valence-electron chi connectivity index (χ4n) is 1.79. The molecule has 1 heterocycles. The van der Waals surface area contributed by atoms with Gasteiger partial charge in [-0.05, 0) is 19.1 Å². The summed E-state index contributed by atoms with van der Waals surface area (Å²) in [4.78, 5) is 23.8. The molecule has 0 saturated heterocycles. The van der Waals surface area contributed by atoms with Gasteiger partial charge in [0.05, 0.1) is 30.1 Å². The Labute approximate surface area is 116 Å². The lowest BCUT2D eigenvalue weighted by atomic mass is 10.1. The molecule has 1 N–H and O–H groups in total. The predicted molar refractivity (Wildman–Crippen MR) is 73.7 cm³/mol. The van der Waals surface area contributed by atoms with Crippen LogP contribution in [0.15, 0.2) is 30.5 Å². The highest BCUT2D eigenvalue weighted by atomic mass is 16.5. The summed E-state index contributed by atoms with van der Waals surface area (Å²) in [5, 5.41) is 6.72. The van der Waals surface area contributed by atoms with E-state index in [0.717, 1.165) is 5.69 Å². The Morgan fingerprint density at radius 2 is 1.95 bits per heavy atom. The summed E-state index contributed by atoms with van der Waals surface area (Å²) in [5.41, 5.74) is 1.93. The van der Waals surface area contributed by atoms with Gasteiger partial charge in [-0.1, -0.05) is 12.1 Å². The molecule has 0 aliphatic heterocycles. The first-order chi connectivity index (χ1) is 9.54. The van der Waals surface area contributed by atoms with E-state index in [0.29, 0.717) is 16.8 Å². The summed E-state index contributed by atoms with van der Waals surface area (Å²) in [6.07, 6.45) is 1.49. The van der Waals surface area contributed by atoms with E-state index in [1.807, 2.05) is 0 Å². The molecule has 0 spiro atoms. The Balaban J connectivity index is 2.29. The summed E-state index contributed by atoms with van der Waals surface area (Å²) < 4.78 is 6.30. The van der Waals surface area contributed by atoms with Crippen molar-refractivity contribution in [3.63, 3.8) is 0 Å². The van der Waals surface area contributed by atoms with E-state index in [9.17, 15) is 9.59 Å². The molecule has 0 aliphatic rings. The number of hydrogen-bond donors (Lipinski definition) is 1. The van der Waals surface area contributed by atoms with Gasteiger partial charge >= 0.3 is 5.97 Å². The zero-order valence-corrected chi connectivity index (χ0v) is 11.5. The molecule has 0 saturated carbocycles. The maximum absolute atomic E-state index is 12.2. The lowest BCUT2D eigenvalue weighted by molar-refractivity contribution is 0.0602. The number of carbonyl (C=O) groups excluding carboxylic acids is 2. The van der Waals surface area contributed by atoms with Gasteiger partial charge in [0, 0.05) is 12.7 Å². The highest BCUT2D eigenvalue weighted by Crippen LogP contribution is 2.18. The molecule has 1 aromatic heterocycles. The largest absolute Gasteiger partial charge is 0.465 e. The van der Waals surface area contributed by atoms with Crippen LogP contribution < -0.4 is 5.32 Å². The zero-order valence-electron chi connectivity index (χ0n) is 11.5. The SMILES string of the molecule is COC(=O)c1ccccc1NC(=O)c1cnn(C)c1C. The van der Waals surface area contributed by atoms with Crippen molar-refractivity contribution in [3.8, 4) is 0 Å². The number of amides is 1. The van der Waals surface area contributed by atoms with Crippen LogP contribution in [0.4, 0.5) is 5.69 Å². The third-order valence-electron chi connectivity index (χ3n) is 3.06. The zero-order chi connectivity index (χ0) is 14.7. The van der Waals surface area contributed by atoms with E-state index in [2.05, 4.69) is 15.2 Å². The first-order valence-electron chi connectivity index (χ1n) is 6.02. The van der Waals surface area contributed by atoms with E-state index in [-0.39, 0.29) is 5.91 Å². The van der Waals surface area contributed by atoms with Crippen LogP contribution in [0.25, 0.3) is 0 Å². The van der Waals surface area contributed by atoms with Crippen molar-refractivity contribution in [2.75, 3.05) is 12.4 Å². The molecule has 104 valence electrons. The molecule has 0 aliphatic carbocycles. The van der Waals surface area contributed by atoms with Crippen LogP contribution in [0.5, 0.6) is 0 Å². The smallest absolute Gasteiger partial charge is 0.339 e. The van der Waals surface area contributed by atoms with E-state index >= 15 is 0 Å². The van der Waals surface area contributed by atoms with Gasteiger partial charge in [-0.2, -0.15) is 5.10 Å². The minimum Gasteiger partial charge on any atom is -0.465 e. The van der Waals surface area contributed by atoms with Crippen molar-refractivity contribution in [2.24, 2.45) is 7.05 Å². The topological polar surface area (TPSA) is 73.2 Å². The van der Waals surface area contributed by atoms with Crippen LogP contribution in [0.3, 0.4) is 0 Å². The lowest BCUT2D eigenvalue weighted by Crippen LogP contribution is -2.16. The van der Waals surface area contributed by atoms with Crippen molar-refractivity contribution in [1.82, 2.24) is 9.78 Å². The molecule has 6 heteroatoms. The molecule has 2 rings (SSSR count). The summed E-state index contributed by atoms with van der Waals surface area (Å²) in [6.45, 7) is 1.80. The van der Waals surface area contributed by atoms with Gasteiger partial charge < -0.3 is 10.1 Å². The minimum absolute atomic E-state index is 0.310. The molecule has 1 amide bonds. The van der Waals surface area contributed by atoms with Crippen molar-refractivity contribution < 1.29 is 14.3 Å². The molecule has 6 nitrogen and oxygen atoms in total. The van der Waals surface area contributed by atoms with Gasteiger partial charge in [0.1, 0.15) is 0 Å². The predicted octanol–water partition coefficient (Wildman–Crippen LogP) is 1.77. The average molecular weight is 273 g/mol. The van der Waals surface area contributed by atoms with Crippen molar-refractivity contribution in [3.05, 3.63) is 47.3 Å². The van der Waals surface area contributed by atoms with Crippen molar-refractivity contribution >= 4 is 17.6 Å². The van der Waals surface area contributed by atoms with E-state index < -0.39 is 5.97 Å². The number of carbonyl (C=O) groups is 2. The molecular formula is C14H15N3O3. The Morgan fingerprint density at radius 3 is 2.55 bits per heavy atom. The summed E-state index contributed by atoms with van der Waals surface area (Å²) in [5.74, 6) is -0.809. The van der Waals surface area contributed by atoms with Gasteiger partial charge in [-0.3, -0.25) is 9.48 Å². The number of ether oxygens (including phenoxy) is 1. The third-order valence-corrected chi connectivity index (χ3v) is 3.06.